The van der Waals surface area contributed by atoms with Gasteiger partial charge in [0, 0.05) is 12.6 Å². The summed E-state index contributed by atoms with van der Waals surface area (Å²) in [6, 6.07) is 51.9. The molecule has 0 spiro atoms. The molecule has 0 bridgehead atoms. The highest BCUT2D eigenvalue weighted by molar-refractivity contribution is 7.86. The van der Waals surface area contributed by atoms with Crippen molar-refractivity contribution in [1.82, 2.24) is 9.55 Å². The van der Waals surface area contributed by atoms with E-state index in [0.717, 1.165) is 39.6 Å². The van der Waals surface area contributed by atoms with E-state index in [9.17, 15) is 13.2 Å². The molecule has 14 heteroatoms. The van der Waals surface area contributed by atoms with Crippen molar-refractivity contribution >= 4 is 15.9 Å². The minimum absolute atomic E-state index is 0.0296. The Kier molecular flexibility index (Phi) is 13.6. The van der Waals surface area contributed by atoms with Crippen molar-refractivity contribution in [2.75, 3.05) is 46.6 Å². The quantitative estimate of drug-likeness (QED) is 0.0653. The number of benzene rings is 6. The fourth-order valence-corrected chi connectivity index (χ4v) is 9.25. The monoisotopic (exact) mass is 909 g/mol. The third-order valence-electron chi connectivity index (χ3n) is 11.8. The van der Waals surface area contributed by atoms with Crippen LogP contribution in [0.1, 0.15) is 46.0 Å². The molecule has 0 unspecified atom stereocenters. The van der Waals surface area contributed by atoms with Crippen LogP contribution in [-0.2, 0) is 34.9 Å². The number of anilines is 1. The van der Waals surface area contributed by atoms with Gasteiger partial charge in [0.15, 0.2) is 6.23 Å². The molecule has 1 aliphatic heterocycles. The Bertz CT molecular complexity index is 2770. The normalized spacial score (nSPS) is 16.3. The molecule has 7 aromatic rings. The van der Waals surface area contributed by atoms with Crippen LogP contribution in [0, 0.1) is 0 Å². The van der Waals surface area contributed by atoms with Gasteiger partial charge in [-0.05, 0) is 88.0 Å². The number of aromatic nitrogens is 2. The summed E-state index contributed by atoms with van der Waals surface area (Å²) >= 11 is 0. The fraction of sp³-hybridized carbons (Fsp3) is 0.231. The van der Waals surface area contributed by atoms with Gasteiger partial charge in [-0.1, -0.05) is 109 Å². The van der Waals surface area contributed by atoms with Crippen LogP contribution >= 0.6 is 0 Å². The van der Waals surface area contributed by atoms with Gasteiger partial charge in [0.2, 0.25) is 0 Å². The second-order valence-electron chi connectivity index (χ2n) is 15.7. The van der Waals surface area contributed by atoms with Crippen molar-refractivity contribution in [2.45, 2.75) is 36.0 Å². The fourth-order valence-electron chi connectivity index (χ4n) is 8.63. The first kappa shape index (κ1) is 45.6. The minimum atomic E-state index is -4.02. The topological polar surface area (TPSA) is 146 Å². The van der Waals surface area contributed by atoms with Crippen molar-refractivity contribution < 1.29 is 41.0 Å². The molecule has 1 aliphatic rings. The third kappa shape index (κ3) is 9.40. The van der Waals surface area contributed by atoms with Crippen molar-refractivity contribution in [2.24, 2.45) is 0 Å². The Morgan fingerprint density at radius 2 is 1.02 bits per heavy atom. The summed E-state index contributed by atoms with van der Waals surface area (Å²) in [6.07, 6.45) is -0.435. The first-order valence-electron chi connectivity index (χ1n) is 21.2. The van der Waals surface area contributed by atoms with Gasteiger partial charge in [-0.25, -0.2) is 4.79 Å². The van der Waals surface area contributed by atoms with Crippen LogP contribution < -0.4 is 30.0 Å². The smallest absolute Gasteiger partial charge is 0.351 e. The molecule has 1 saturated heterocycles. The van der Waals surface area contributed by atoms with Gasteiger partial charge in [-0.15, -0.1) is 0 Å². The molecule has 66 heavy (non-hydrogen) atoms. The second-order valence-corrected chi connectivity index (χ2v) is 17.3. The summed E-state index contributed by atoms with van der Waals surface area (Å²) in [4.78, 5) is 18.9. The lowest BCUT2D eigenvalue weighted by Gasteiger charge is -2.37. The van der Waals surface area contributed by atoms with Crippen LogP contribution in [0.2, 0.25) is 0 Å². The Morgan fingerprint density at radius 1 is 0.606 bits per heavy atom. The molecular weight excluding hydrogens is 859 g/mol. The van der Waals surface area contributed by atoms with E-state index < -0.39 is 45.4 Å². The first-order chi connectivity index (χ1) is 32.0. The Labute approximate surface area is 384 Å². The maximum atomic E-state index is 14.3. The van der Waals surface area contributed by atoms with Gasteiger partial charge in [0.1, 0.15) is 46.1 Å². The molecule has 1 fully saturated rings. The van der Waals surface area contributed by atoms with Crippen molar-refractivity contribution in [1.29, 1.82) is 0 Å². The van der Waals surface area contributed by atoms with E-state index in [4.69, 9.17) is 32.6 Å². The molecular formula is C52H51N3O10S. The van der Waals surface area contributed by atoms with Gasteiger partial charge in [-0.2, -0.15) is 13.4 Å². The highest BCUT2D eigenvalue weighted by atomic mass is 32.2. The molecule has 6 aromatic carbocycles. The Hall–Kier alpha value is -6.97. The summed E-state index contributed by atoms with van der Waals surface area (Å²) in [5.41, 5.74) is 2.03. The predicted octanol–water partition coefficient (Wildman–Crippen LogP) is 8.32. The molecule has 2 heterocycles. The SMILES string of the molecule is COc1ccc(C(Nc2ccn([C@@H]3O[C@H](COC(c4ccccc4)(c4ccc(OC)cc4)c4ccc(OC)cc4)C[C@@H]3OS(C)(=O)=O)c(=O)n2)(c2ccccc2)c2ccc(OC)cc2)cc1. The first-order valence-corrected chi connectivity index (χ1v) is 23.1. The van der Waals surface area contributed by atoms with E-state index >= 15 is 0 Å². The van der Waals surface area contributed by atoms with E-state index in [2.05, 4.69) is 10.3 Å². The zero-order valence-electron chi connectivity index (χ0n) is 37.2. The van der Waals surface area contributed by atoms with Gasteiger partial charge in [0.25, 0.3) is 10.1 Å². The van der Waals surface area contributed by atoms with Crippen LogP contribution in [0.3, 0.4) is 0 Å². The van der Waals surface area contributed by atoms with Gasteiger partial charge in [0.05, 0.1) is 47.4 Å². The highest BCUT2D eigenvalue weighted by Gasteiger charge is 2.44. The van der Waals surface area contributed by atoms with E-state index in [0.29, 0.717) is 23.0 Å². The van der Waals surface area contributed by atoms with Crippen LogP contribution in [0.5, 0.6) is 23.0 Å². The standard InChI is InChI=1S/C52H51N3O10S/c1-59-42-24-16-37(17-25-42)51(36-12-8-6-9-13-36,38-18-26-43(60-2)27-19-38)54-48-32-33-55(50(56)53-48)49-47(65-66(5,57)58)34-46(64-49)35-63-52(39-14-10-7-11-15-39,40-20-28-44(61-3)29-21-40)41-22-30-45(62-4)31-23-41/h6-33,46-47,49H,34-35H2,1-5H3,(H,53,54,56)/t46-,47-,49+/m0/s1. The molecule has 13 nitrogen and oxygen atoms in total. The average Bonchev–Trinajstić information content (AvgIpc) is 3.74. The van der Waals surface area contributed by atoms with E-state index in [1.165, 1.54) is 10.8 Å². The lowest BCUT2D eigenvalue weighted by Crippen LogP contribution is -2.40. The molecule has 1 N–H and O–H groups in total. The number of nitrogens with zero attached hydrogens (tertiary/aromatic N) is 2. The molecule has 340 valence electrons. The molecule has 0 aliphatic carbocycles. The number of hydrogen-bond acceptors (Lipinski definition) is 12. The number of nitrogens with one attached hydrogen (secondary N) is 1. The summed E-state index contributed by atoms with van der Waals surface area (Å²) in [5.74, 6) is 2.94. The summed E-state index contributed by atoms with van der Waals surface area (Å²) in [6.45, 7) is -0.0296. The second kappa shape index (κ2) is 19.6. The number of hydrogen-bond donors (Lipinski definition) is 1. The van der Waals surface area contributed by atoms with Gasteiger partial charge >= 0.3 is 5.69 Å². The van der Waals surface area contributed by atoms with Crippen molar-refractivity contribution in [3.63, 3.8) is 0 Å². The minimum Gasteiger partial charge on any atom is -0.497 e. The molecule has 0 amide bonds. The zero-order valence-corrected chi connectivity index (χ0v) is 38.0. The Balaban J connectivity index is 1.16. The van der Waals surface area contributed by atoms with Crippen molar-refractivity contribution in [3.8, 4) is 23.0 Å². The molecule has 0 saturated carbocycles. The lowest BCUT2D eigenvalue weighted by atomic mass is 9.77. The largest absolute Gasteiger partial charge is 0.497 e. The lowest BCUT2D eigenvalue weighted by molar-refractivity contribution is -0.0852. The molecule has 0 radical (unpaired) electrons. The number of rotatable bonds is 18. The highest BCUT2D eigenvalue weighted by Crippen LogP contribution is 2.44. The van der Waals surface area contributed by atoms with Crippen LogP contribution in [0.15, 0.2) is 175 Å². The summed E-state index contributed by atoms with van der Waals surface area (Å²) in [5, 5.41) is 3.62. The summed E-state index contributed by atoms with van der Waals surface area (Å²) < 4.78 is 68.1. The Morgan fingerprint density at radius 3 is 1.44 bits per heavy atom. The number of ether oxygens (including phenoxy) is 6. The van der Waals surface area contributed by atoms with Crippen LogP contribution in [-0.4, -0.2) is 71.5 Å². The van der Waals surface area contributed by atoms with Crippen LogP contribution in [0.25, 0.3) is 0 Å². The summed E-state index contributed by atoms with van der Waals surface area (Å²) in [7, 11) is 2.42. The van der Waals surface area contributed by atoms with E-state index in [1.807, 2.05) is 158 Å². The molecule has 8 rings (SSSR count). The number of methoxy groups -OCH3 is 4. The zero-order chi connectivity index (χ0) is 46.3. The molecule has 1 aromatic heterocycles. The van der Waals surface area contributed by atoms with Crippen molar-refractivity contribution in [3.05, 3.63) is 214 Å². The third-order valence-corrected chi connectivity index (χ3v) is 12.4. The maximum Gasteiger partial charge on any atom is 0.351 e. The van der Waals surface area contributed by atoms with E-state index in [-0.39, 0.29) is 18.8 Å². The van der Waals surface area contributed by atoms with Gasteiger partial charge < -0.3 is 33.7 Å². The van der Waals surface area contributed by atoms with E-state index in [1.54, 1.807) is 34.5 Å². The van der Waals surface area contributed by atoms with Crippen LogP contribution in [0.4, 0.5) is 5.82 Å². The average molecular weight is 910 g/mol. The predicted molar refractivity (Wildman–Crippen MR) is 251 cm³/mol. The maximum absolute atomic E-state index is 14.3. The van der Waals surface area contributed by atoms with Gasteiger partial charge in [-0.3, -0.25) is 8.75 Å². The molecule has 3 atom stereocenters.